The normalized spacial score (nSPS) is 16.7. The summed E-state index contributed by atoms with van der Waals surface area (Å²) in [6.07, 6.45) is -1.25. The number of fused-ring (bicyclic) bond motifs is 2. The fourth-order valence-corrected chi connectivity index (χ4v) is 2.86. The minimum atomic E-state index is -1.25. The van der Waals surface area contributed by atoms with Gasteiger partial charge in [0.25, 0.3) is 0 Å². The zero-order chi connectivity index (χ0) is 16.7. The van der Waals surface area contributed by atoms with Gasteiger partial charge >= 0.3 is 5.97 Å². The van der Waals surface area contributed by atoms with Crippen LogP contribution in [0, 0.1) is 0 Å². The molecule has 0 saturated heterocycles. The molecule has 0 aliphatic carbocycles. The molecule has 0 fully saturated rings. The van der Waals surface area contributed by atoms with E-state index in [4.69, 9.17) is 18.9 Å². The van der Waals surface area contributed by atoms with E-state index in [9.17, 15) is 15.0 Å². The first-order valence-corrected chi connectivity index (χ1v) is 7.33. The van der Waals surface area contributed by atoms with Crippen LogP contribution < -0.4 is 18.9 Å². The highest BCUT2D eigenvalue weighted by Gasteiger charge is 2.32. The Morgan fingerprint density at radius 2 is 1.33 bits per heavy atom. The number of carboxylic acids is 1. The molecular formula is C17H14O7. The second-order valence-corrected chi connectivity index (χ2v) is 5.49. The van der Waals surface area contributed by atoms with Gasteiger partial charge in [0.05, 0.1) is 6.10 Å². The molecule has 0 bridgehead atoms. The van der Waals surface area contributed by atoms with Gasteiger partial charge in [0.15, 0.2) is 23.0 Å². The number of carboxylic acid groups (broad SMARTS) is 1. The van der Waals surface area contributed by atoms with Gasteiger partial charge in [-0.05, 0) is 35.4 Å². The third-order valence-electron chi connectivity index (χ3n) is 4.08. The Morgan fingerprint density at radius 1 is 0.833 bits per heavy atom. The number of aliphatic hydroxyl groups is 1. The fourth-order valence-electron chi connectivity index (χ4n) is 2.86. The zero-order valence-electron chi connectivity index (χ0n) is 12.5. The highest BCUT2D eigenvalue weighted by Crippen LogP contribution is 2.41. The summed E-state index contributed by atoms with van der Waals surface area (Å²) in [5.41, 5.74) is 0.862. The maximum Gasteiger partial charge on any atom is 0.314 e. The summed E-state index contributed by atoms with van der Waals surface area (Å²) in [6.45, 7) is 0.209. The molecule has 0 saturated carbocycles. The van der Waals surface area contributed by atoms with E-state index in [1.54, 1.807) is 36.4 Å². The second kappa shape index (κ2) is 5.61. The molecule has 2 aliphatic rings. The van der Waals surface area contributed by atoms with E-state index in [0.717, 1.165) is 0 Å². The van der Waals surface area contributed by atoms with E-state index in [1.165, 1.54) is 0 Å². The highest BCUT2D eigenvalue weighted by atomic mass is 16.7. The minimum absolute atomic E-state index is 0.0985. The molecule has 0 amide bonds. The molecule has 4 rings (SSSR count). The van der Waals surface area contributed by atoms with Gasteiger partial charge < -0.3 is 29.2 Å². The smallest absolute Gasteiger partial charge is 0.314 e. The van der Waals surface area contributed by atoms with Gasteiger partial charge in [0.1, 0.15) is 5.92 Å². The highest BCUT2D eigenvalue weighted by molar-refractivity contribution is 5.78. The molecular weight excluding hydrogens is 316 g/mol. The first kappa shape index (κ1) is 14.6. The number of hydrogen-bond acceptors (Lipinski definition) is 6. The van der Waals surface area contributed by atoms with Crippen LogP contribution in [0.3, 0.4) is 0 Å². The van der Waals surface area contributed by atoms with Crippen LogP contribution in [0.15, 0.2) is 36.4 Å². The third-order valence-corrected chi connectivity index (χ3v) is 4.08. The number of aliphatic carboxylic acids is 1. The van der Waals surface area contributed by atoms with Crippen LogP contribution in [-0.2, 0) is 4.79 Å². The lowest BCUT2D eigenvalue weighted by atomic mass is 9.89. The quantitative estimate of drug-likeness (QED) is 0.886. The van der Waals surface area contributed by atoms with E-state index < -0.39 is 18.0 Å². The van der Waals surface area contributed by atoms with Gasteiger partial charge in [-0.3, -0.25) is 4.79 Å². The SMILES string of the molecule is O=C(O)C(c1ccc2c(c1)OCO2)C(O)c1ccc2c(c1)OCO2. The molecule has 24 heavy (non-hydrogen) atoms. The average molecular weight is 330 g/mol. The summed E-state index contributed by atoms with van der Waals surface area (Å²) in [5.74, 6) is -0.210. The van der Waals surface area contributed by atoms with E-state index in [0.29, 0.717) is 34.1 Å². The molecule has 0 spiro atoms. The molecule has 7 nitrogen and oxygen atoms in total. The van der Waals surface area contributed by atoms with Crippen LogP contribution in [0.2, 0.25) is 0 Å². The summed E-state index contributed by atoms with van der Waals surface area (Å²) in [5, 5.41) is 20.2. The molecule has 2 atom stereocenters. The topological polar surface area (TPSA) is 94.5 Å². The van der Waals surface area contributed by atoms with Gasteiger partial charge in [-0.2, -0.15) is 0 Å². The van der Waals surface area contributed by atoms with E-state index >= 15 is 0 Å². The molecule has 2 unspecified atom stereocenters. The number of aliphatic hydroxyl groups excluding tert-OH is 1. The van der Waals surface area contributed by atoms with Gasteiger partial charge in [0, 0.05) is 0 Å². The summed E-state index contributed by atoms with van der Waals surface area (Å²) in [4.78, 5) is 11.8. The molecule has 2 aromatic carbocycles. The van der Waals surface area contributed by atoms with Crippen molar-refractivity contribution in [2.75, 3.05) is 13.6 Å². The Hall–Kier alpha value is -2.93. The lowest BCUT2D eigenvalue weighted by Gasteiger charge is -2.20. The Bertz CT molecular complexity index is 802. The van der Waals surface area contributed by atoms with Crippen LogP contribution in [0.1, 0.15) is 23.1 Å². The Morgan fingerprint density at radius 3 is 1.92 bits per heavy atom. The summed E-state index contributed by atoms with van der Waals surface area (Å²) in [6, 6.07) is 9.70. The van der Waals surface area contributed by atoms with Gasteiger partial charge in [-0.15, -0.1) is 0 Å². The number of hydrogen-bond donors (Lipinski definition) is 2. The van der Waals surface area contributed by atoms with Crippen molar-refractivity contribution in [1.82, 2.24) is 0 Å². The van der Waals surface area contributed by atoms with E-state index in [1.807, 2.05) is 0 Å². The maximum absolute atomic E-state index is 11.8. The first-order valence-electron chi connectivity index (χ1n) is 7.33. The van der Waals surface area contributed by atoms with Crippen LogP contribution in [-0.4, -0.2) is 29.8 Å². The first-order chi connectivity index (χ1) is 11.6. The van der Waals surface area contributed by atoms with Crippen molar-refractivity contribution in [2.45, 2.75) is 12.0 Å². The Balaban J connectivity index is 1.69. The fraction of sp³-hybridized carbons (Fsp3) is 0.235. The molecule has 2 heterocycles. The monoisotopic (exact) mass is 330 g/mol. The van der Waals surface area contributed by atoms with Crippen molar-refractivity contribution in [3.63, 3.8) is 0 Å². The largest absolute Gasteiger partial charge is 0.481 e. The van der Waals surface area contributed by atoms with Crippen molar-refractivity contribution in [3.05, 3.63) is 47.5 Å². The number of benzene rings is 2. The molecule has 0 radical (unpaired) electrons. The summed E-state index contributed by atoms with van der Waals surface area (Å²) in [7, 11) is 0. The maximum atomic E-state index is 11.8. The molecule has 7 heteroatoms. The lowest BCUT2D eigenvalue weighted by Crippen LogP contribution is -2.20. The van der Waals surface area contributed by atoms with Gasteiger partial charge in [-0.25, -0.2) is 0 Å². The molecule has 0 aromatic heterocycles. The lowest BCUT2D eigenvalue weighted by molar-refractivity contribution is -0.141. The van der Waals surface area contributed by atoms with Crippen molar-refractivity contribution in [2.24, 2.45) is 0 Å². The van der Waals surface area contributed by atoms with Gasteiger partial charge in [0.2, 0.25) is 13.6 Å². The third kappa shape index (κ3) is 2.39. The Labute approximate surface area is 137 Å². The minimum Gasteiger partial charge on any atom is -0.481 e. The summed E-state index contributed by atoms with van der Waals surface area (Å²) >= 11 is 0. The van der Waals surface area contributed by atoms with Crippen LogP contribution in [0.4, 0.5) is 0 Å². The molecule has 124 valence electrons. The second-order valence-electron chi connectivity index (χ2n) is 5.49. The zero-order valence-corrected chi connectivity index (χ0v) is 12.5. The van der Waals surface area contributed by atoms with Crippen molar-refractivity contribution < 1.29 is 34.0 Å². The van der Waals surface area contributed by atoms with Crippen molar-refractivity contribution in [3.8, 4) is 23.0 Å². The predicted octanol–water partition coefficient (Wildman–Crippen LogP) is 2.05. The van der Waals surface area contributed by atoms with Crippen molar-refractivity contribution in [1.29, 1.82) is 0 Å². The van der Waals surface area contributed by atoms with Crippen molar-refractivity contribution >= 4 is 5.97 Å². The summed E-state index contributed by atoms with van der Waals surface area (Å²) < 4.78 is 21.0. The number of rotatable bonds is 4. The van der Waals surface area contributed by atoms with E-state index in [2.05, 4.69) is 0 Å². The Kier molecular flexibility index (Phi) is 3.42. The molecule has 2 aliphatic heterocycles. The molecule has 2 aromatic rings. The van der Waals surface area contributed by atoms with Crippen LogP contribution >= 0.6 is 0 Å². The van der Waals surface area contributed by atoms with Crippen LogP contribution in [0.25, 0.3) is 0 Å². The predicted molar refractivity (Wildman–Crippen MR) is 80.5 cm³/mol. The van der Waals surface area contributed by atoms with Crippen LogP contribution in [0.5, 0.6) is 23.0 Å². The number of ether oxygens (including phenoxy) is 4. The number of carbonyl (C=O) groups is 1. The average Bonchev–Trinajstić information content (AvgIpc) is 3.22. The van der Waals surface area contributed by atoms with E-state index in [-0.39, 0.29) is 13.6 Å². The standard InChI is InChI=1S/C17H14O7/c18-16(10-2-4-12-14(6-10)24-8-22-12)15(17(19)20)9-1-3-11-13(5-9)23-7-21-11/h1-6,15-16,18H,7-8H2,(H,19,20). The molecule has 2 N–H and O–H groups in total. The van der Waals surface area contributed by atoms with Gasteiger partial charge in [-0.1, -0.05) is 12.1 Å².